The van der Waals surface area contributed by atoms with E-state index in [1.165, 1.54) is 10.9 Å². The van der Waals surface area contributed by atoms with Crippen molar-refractivity contribution in [1.82, 2.24) is 14.1 Å². The van der Waals surface area contributed by atoms with Gasteiger partial charge in [0, 0.05) is 53.9 Å². The molecule has 0 aliphatic heterocycles. The predicted molar refractivity (Wildman–Crippen MR) is 121 cm³/mol. The SMILES string of the molecule is COCCn1ccc2cc(NC(=O)CCn3cnc4ccc(Br)cc4c3=O)ccc21. The maximum Gasteiger partial charge on any atom is 0.261 e. The summed E-state index contributed by atoms with van der Waals surface area (Å²) in [5.41, 5.74) is 2.29. The van der Waals surface area contributed by atoms with Crippen molar-refractivity contribution in [3.05, 3.63) is 69.8 Å². The first-order chi connectivity index (χ1) is 14.5. The van der Waals surface area contributed by atoms with Gasteiger partial charge in [-0.05, 0) is 42.5 Å². The van der Waals surface area contributed by atoms with Crippen LogP contribution in [0.15, 0.2) is 64.3 Å². The molecule has 0 saturated carbocycles. The minimum absolute atomic E-state index is 0.158. The number of carbonyl (C=O) groups is 1. The van der Waals surface area contributed by atoms with E-state index in [4.69, 9.17) is 4.74 Å². The van der Waals surface area contributed by atoms with Crippen LogP contribution in [0.2, 0.25) is 0 Å². The van der Waals surface area contributed by atoms with Crippen molar-refractivity contribution in [2.24, 2.45) is 0 Å². The number of hydrogen-bond donors (Lipinski definition) is 1. The van der Waals surface area contributed by atoms with Crippen LogP contribution in [0.3, 0.4) is 0 Å². The number of rotatable bonds is 7. The van der Waals surface area contributed by atoms with E-state index in [2.05, 4.69) is 30.8 Å². The van der Waals surface area contributed by atoms with Crippen molar-refractivity contribution in [1.29, 1.82) is 0 Å². The topological polar surface area (TPSA) is 78.2 Å². The fraction of sp³-hybridized carbons (Fsp3) is 0.227. The van der Waals surface area contributed by atoms with Gasteiger partial charge in [0.15, 0.2) is 0 Å². The summed E-state index contributed by atoms with van der Waals surface area (Å²) in [4.78, 5) is 29.4. The lowest BCUT2D eigenvalue weighted by atomic mass is 10.2. The molecule has 0 saturated heterocycles. The largest absolute Gasteiger partial charge is 0.383 e. The molecular weight excluding hydrogens is 448 g/mol. The van der Waals surface area contributed by atoms with Crippen molar-refractivity contribution >= 4 is 49.3 Å². The van der Waals surface area contributed by atoms with Crippen LogP contribution in [-0.4, -0.2) is 33.7 Å². The standard InChI is InChI=1S/C22H21BrN4O3/c1-30-11-10-26-8-6-15-12-17(3-5-20(15)26)25-21(28)7-9-27-14-24-19-4-2-16(23)13-18(19)22(27)29/h2-6,8,12-14H,7,9-11H2,1H3,(H,25,28). The van der Waals surface area contributed by atoms with E-state index in [1.54, 1.807) is 19.2 Å². The number of hydrogen-bond acceptors (Lipinski definition) is 4. The molecule has 0 radical (unpaired) electrons. The number of anilines is 1. The van der Waals surface area contributed by atoms with Crippen LogP contribution in [0, 0.1) is 0 Å². The number of aromatic nitrogens is 3. The molecule has 1 N–H and O–H groups in total. The second-order valence-corrected chi connectivity index (χ2v) is 7.89. The van der Waals surface area contributed by atoms with Crippen molar-refractivity contribution in [3.63, 3.8) is 0 Å². The molecule has 0 unspecified atom stereocenters. The van der Waals surface area contributed by atoms with Gasteiger partial charge in [-0.3, -0.25) is 14.2 Å². The number of carbonyl (C=O) groups excluding carboxylic acids is 1. The highest BCUT2D eigenvalue weighted by atomic mass is 79.9. The van der Waals surface area contributed by atoms with Gasteiger partial charge >= 0.3 is 0 Å². The summed E-state index contributed by atoms with van der Waals surface area (Å²) in [5, 5.41) is 4.48. The normalized spacial score (nSPS) is 11.3. The smallest absolute Gasteiger partial charge is 0.261 e. The third-order valence-corrected chi connectivity index (χ3v) is 5.45. The van der Waals surface area contributed by atoms with Gasteiger partial charge in [-0.15, -0.1) is 0 Å². The van der Waals surface area contributed by atoms with Crippen LogP contribution >= 0.6 is 15.9 Å². The Balaban J connectivity index is 1.43. The third kappa shape index (κ3) is 4.29. The predicted octanol–water partition coefficient (Wildman–Crippen LogP) is 3.79. The quantitative estimate of drug-likeness (QED) is 0.447. The summed E-state index contributed by atoms with van der Waals surface area (Å²) in [6.45, 7) is 1.68. The van der Waals surface area contributed by atoms with E-state index in [0.29, 0.717) is 17.5 Å². The van der Waals surface area contributed by atoms with E-state index in [-0.39, 0.29) is 24.4 Å². The van der Waals surface area contributed by atoms with Gasteiger partial charge in [-0.25, -0.2) is 4.98 Å². The minimum Gasteiger partial charge on any atom is -0.383 e. The zero-order valence-corrected chi connectivity index (χ0v) is 18.1. The Morgan fingerprint density at radius 3 is 2.83 bits per heavy atom. The number of fused-ring (bicyclic) bond motifs is 2. The number of amides is 1. The molecule has 2 aromatic heterocycles. The Kier molecular flexibility index (Phi) is 5.96. The fourth-order valence-corrected chi connectivity index (χ4v) is 3.76. The Bertz CT molecular complexity index is 1280. The van der Waals surface area contributed by atoms with E-state index >= 15 is 0 Å². The Labute approximate surface area is 181 Å². The summed E-state index contributed by atoms with van der Waals surface area (Å²) in [7, 11) is 1.68. The molecule has 7 nitrogen and oxygen atoms in total. The average Bonchev–Trinajstić information content (AvgIpc) is 3.14. The van der Waals surface area contributed by atoms with Gasteiger partial charge in [-0.2, -0.15) is 0 Å². The molecule has 8 heteroatoms. The van der Waals surface area contributed by atoms with E-state index in [0.717, 1.165) is 27.6 Å². The van der Waals surface area contributed by atoms with Crippen molar-refractivity contribution in [2.45, 2.75) is 19.5 Å². The van der Waals surface area contributed by atoms with Gasteiger partial charge in [0.05, 0.1) is 23.8 Å². The number of nitrogens with zero attached hydrogens (tertiary/aromatic N) is 3. The molecule has 30 heavy (non-hydrogen) atoms. The van der Waals surface area contributed by atoms with Gasteiger partial charge < -0.3 is 14.6 Å². The molecule has 0 fully saturated rings. The number of benzene rings is 2. The van der Waals surface area contributed by atoms with Crippen LogP contribution < -0.4 is 10.9 Å². The molecule has 2 aromatic carbocycles. The molecule has 0 aliphatic rings. The molecule has 0 aliphatic carbocycles. The minimum atomic E-state index is -0.159. The Hall–Kier alpha value is -2.97. The van der Waals surface area contributed by atoms with Crippen molar-refractivity contribution in [2.75, 3.05) is 19.0 Å². The van der Waals surface area contributed by atoms with Gasteiger partial charge in [-0.1, -0.05) is 15.9 Å². The maximum atomic E-state index is 12.6. The second-order valence-electron chi connectivity index (χ2n) is 6.98. The summed E-state index contributed by atoms with van der Waals surface area (Å²) < 4.78 is 9.53. The van der Waals surface area contributed by atoms with E-state index < -0.39 is 0 Å². The van der Waals surface area contributed by atoms with E-state index in [1.807, 2.05) is 36.5 Å². The zero-order chi connectivity index (χ0) is 21.1. The summed E-state index contributed by atoms with van der Waals surface area (Å²) in [6.07, 6.45) is 3.67. The van der Waals surface area contributed by atoms with Gasteiger partial charge in [0.25, 0.3) is 5.56 Å². The average molecular weight is 469 g/mol. The van der Waals surface area contributed by atoms with Crippen molar-refractivity contribution in [3.8, 4) is 0 Å². The first-order valence-electron chi connectivity index (χ1n) is 9.57. The lowest BCUT2D eigenvalue weighted by Crippen LogP contribution is -2.23. The summed E-state index contributed by atoms with van der Waals surface area (Å²) >= 11 is 3.37. The van der Waals surface area contributed by atoms with Crippen LogP contribution in [-0.2, 0) is 22.6 Å². The Morgan fingerprint density at radius 2 is 2.00 bits per heavy atom. The monoisotopic (exact) mass is 468 g/mol. The molecule has 154 valence electrons. The van der Waals surface area contributed by atoms with E-state index in [9.17, 15) is 9.59 Å². The molecule has 1 amide bonds. The first-order valence-corrected chi connectivity index (χ1v) is 10.4. The molecule has 4 aromatic rings. The van der Waals surface area contributed by atoms with Crippen LogP contribution in [0.5, 0.6) is 0 Å². The highest BCUT2D eigenvalue weighted by Crippen LogP contribution is 2.21. The zero-order valence-electron chi connectivity index (χ0n) is 16.5. The van der Waals surface area contributed by atoms with Crippen LogP contribution in [0.4, 0.5) is 5.69 Å². The highest BCUT2D eigenvalue weighted by molar-refractivity contribution is 9.10. The number of ether oxygens (including phenoxy) is 1. The highest BCUT2D eigenvalue weighted by Gasteiger charge is 2.09. The Morgan fingerprint density at radius 1 is 1.13 bits per heavy atom. The fourth-order valence-electron chi connectivity index (χ4n) is 3.40. The molecule has 0 atom stereocenters. The number of methoxy groups -OCH3 is 1. The lowest BCUT2D eigenvalue weighted by molar-refractivity contribution is -0.116. The van der Waals surface area contributed by atoms with Gasteiger partial charge in [0.1, 0.15) is 0 Å². The number of nitrogens with one attached hydrogen (secondary N) is 1. The maximum absolute atomic E-state index is 12.6. The lowest BCUT2D eigenvalue weighted by Gasteiger charge is -2.09. The second kappa shape index (κ2) is 8.81. The molecule has 4 rings (SSSR count). The van der Waals surface area contributed by atoms with Crippen LogP contribution in [0.1, 0.15) is 6.42 Å². The number of aryl methyl sites for hydroxylation is 1. The molecule has 2 heterocycles. The van der Waals surface area contributed by atoms with Crippen LogP contribution in [0.25, 0.3) is 21.8 Å². The first kappa shape index (κ1) is 20.3. The summed E-state index contributed by atoms with van der Waals surface area (Å²) in [5.74, 6) is -0.158. The van der Waals surface area contributed by atoms with Gasteiger partial charge in [0.2, 0.25) is 5.91 Å². The molecule has 0 bridgehead atoms. The molecular formula is C22H21BrN4O3. The van der Waals surface area contributed by atoms with Crippen molar-refractivity contribution < 1.29 is 9.53 Å². The summed E-state index contributed by atoms with van der Waals surface area (Å²) in [6, 6.07) is 13.2. The molecule has 0 spiro atoms. The number of halogens is 1. The third-order valence-electron chi connectivity index (χ3n) is 4.96.